The van der Waals surface area contributed by atoms with Crippen LogP contribution in [-0.4, -0.2) is 23.6 Å². The molecule has 2 fully saturated rings. The third-order valence-corrected chi connectivity index (χ3v) is 14.2. The van der Waals surface area contributed by atoms with Crippen molar-refractivity contribution in [3.63, 3.8) is 0 Å². The molecule has 0 nitrogen and oxygen atoms in total. The normalized spacial score (nSPS) is 20.3. The maximum Gasteiger partial charge on any atom is 0.000712 e. The zero-order valence-electron chi connectivity index (χ0n) is 20.2. The molecule has 2 aromatic rings. The summed E-state index contributed by atoms with van der Waals surface area (Å²) in [5, 5.41) is 3.04. The topological polar surface area (TPSA) is 0 Å². The fourth-order valence-corrected chi connectivity index (χ4v) is 12.6. The molecule has 0 N–H and O–H groups in total. The first-order valence-corrected chi connectivity index (χ1v) is 16.6. The van der Waals surface area contributed by atoms with Crippen LogP contribution in [0.15, 0.2) is 84.0 Å². The van der Waals surface area contributed by atoms with Crippen LogP contribution in [0.3, 0.4) is 0 Å². The lowest BCUT2D eigenvalue weighted by atomic mass is 9.99. The van der Waals surface area contributed by atoms with E-state index in [9.17, 15) is 0 Å². The van der Waals surface area contributed by atoms with Crippen LogP contribution in [0, 0.1) is 0 Å². The third-order valence-electron chi connectivity index (χ3n) is 8.06. The Balaban J connectivity index is 1.40. The minimum Gasteiger partial charge on any atom is -0.0962 e. The molecule has 0 amide bonds. The Morgan fingerprint density at radius 2 is 1.12 bits per heavy atom. The van der Waals surface area contributed by atoms with Crippen LogP contribution in [-0.2, 0) is 0 Å². The Hall–Kier alpha value is -1.22. The minimum atomic E-state index is -0.344. The van der Waals surface area contributed by atoms with Crippen LogP contribution in [0.4, 0.5) is 0 Å². The van der Waals surface area contributed by atoms with E-state index in [1.807, 2.05) is 5.57 Å². The fraction of sp³-hybridized carbons (Fsp3) is 0.484. The van der Waals surface area contributed by atoms with Crippen molar-refractivity contribution in [2.75, 3.05) is 12.3 Å². The molecule has 0 spiro atoms. The largest absolute Gasteiger partial charge is 0.0962 e. The summed E-state index contributed by atoms with van der Waals surface area (Å²) in [4.78, 5) is 0. The zero-order chi connectivity index (χ0) is 22.3. The predicted octanol–water partition coefficient (Wildman–Crippen LogP) is 8.52. The van der Waals surface area contributed by atoms with Crippen LogP contribution < -0.4 is 10.6 Å². The molecule has 0 aliphatic heterocycles. The van der Waals surface area contributed by atoms with Crippen LogP contribution in [0.5, 0.6) is 0 Å². The summed E-state index contributed by atoms with van der Waals surface area (Å²) < 4.78 is 0. The number of hydrogen-bond acceptors (Lipinski definition) is 0. The lowest BCUT2D eigenvalue weighted by Crippen LogP contribution is -2.22. The summed E-state index contributed by atoms with van der Waals surface area (Å²) >= 11 is 0. The molecule has 0 bridgehead atoms. The van der Waals surface area contributed by atoms with E-state index < -0.39 is 0 Å². The predicted molar refractivity (Wildman–Crippen MR) is 150 cm³/mol. The van der Waals surface area contributed by atoms with Crippen molar-refractivity contribution < 1.29 is 0 Å². The molecule has 0 radical (unpaired) electrons. The Kier molecular flexibility index (Phi) is 8.52. The smallest absolute Gasteiger partial charge is 0.000712 e. The zero-order valence-corrected chi connectivity index (χ0v) is 22.0. The molecule has 3 aliphatic carbocycles. The number of rotatable bonds is 8. The van der Waals surface area contributed by atoms with Gasteiger partial charge in [-0.25, -0.2) is 0 Å². The fourth-order valence-electron chi connectivity index (χ4n) is 6.24. The lowest BCUT2D eigenvalue weighted by Gasteiger charge is -2.39. The van der Waals surface area contributed by atoms with Crippen molar-refractivity contribution in [1.82, 2.24) is 0 Å². The standard InChI is InChI=1S/C31H40P2/c1-5-16-28(17-6-1)32(29-18-7-2-8-19-29)24-26-14-13-15-27(26)25-33(30-20-9-3-10-21-30)31-22-11-4-12-23-31/h1-2,5-8,13-14,16-19,30-31H,3-4,9-12,15,20-25H2. The van der Waals surface area contributed by atoms with E-state index in [2.05, 4.69) is 72.8 Å². The maximum absolute atomic E-state index is 2.51. The average molecular weight is 475 g/mol. The van der Waals surface area contributed by atoms with Gasteiger partial charge >= 0.3 is 0 Å². The Morgan fingerprint density at radius 3 is 1.64 bits per heavy atom. The Labute approximate surface area is 204 Å². The molecule has 2 saturated carbocycles. The summed E-state index contributed by atoms with van der Waals surface area (Å²) in [6.07, 6.45) is 23.9. The van der Waals surface area contributed by atoms with Gasteiger partial charge in [-0.1, -0.05) is 125 Å². The van der Waals surface area contributed by atoms with Gasteiger partial charge in [0.05, 0.1) is 0 Å². The van der Waals surface area contributed by atoms with Gasteiger partial charge in [-0.3, -0.25) is 0 Å². The van der Waals surface area contributed by atoms with Gasteiger partial charge < -0.3 is 0 Å². The van der Waals surface area contributed by atoms with E-state index in [1.54, 1.807) is 5.57 Å². The van der Waals surface area contributed by atoms with Crippen molar-refractivity contribution in [3.8, 4) is 0 Å². The second-order valence-electron chi connectivity index (χ2n) is 10.2. The molecule has 0 atom stereocenters. The molecule has 3 aliphatic rings. The molecule has 0 unspecified atom stereocenters. The third kappa shape index (κ3) is 6.08. The molecule has 174 valence electrons. The van der Waals surface area contributed by atoms with Gasteiger partial charge in [-0.15, -0.1) is 0 Å². The van der Waals surface area contributed by atoms with Gasteiger partial charge in [0.2, 0.25) is 0 Å². The van der Waals surface area contributed by atoms with Gasteiger partial charge in [0, 0.05) is 6.16 Å². The highest BCUT2D eigenvalue weighted by atomic mass is 31.1. The maximum atomic E-state index is 2.51. The molecule has 0 saturated heterocycles. The van der Waals surface area contributed by atoms with Crippen molar-refractivity contribution in [1.29, 1.82) is 0 Å². The SMILES string of the molecule is C1=CC(CP(c2ccccc2)c2ccccc2)=C(CP(C2CCCCC2)C2CCCCC2)C1. The van der Waals surface area contributed by atoms with Gasteiger partial charge in [0.15, 0.2) is 0 Å². The quantitative estimate of drug-likeness (QED) is 0.336. The summed E-state index contributed by atoms with van der Waals surface area (Å²) in [7, 11) is -0.203. The first-order valence-electron chi connectivity index (χ1n) is 13.4. The first-order chi connectivity index (χ1) is 16.4. The second-order valence-corrected chi connectivity index (χ2v) is 15.3. The summed E-state index contributed by atoms with van der Waals surface area (Å²) in [6.45, 7) is 0. The van der Waals surface area contributed by atoms with E-state index in [0.29, 0.717) is 0 Å². The molecule has 0 heterocycles. The summed E-state index contributed by atoms with van der Waals surface area (Å²) in [5.41, 5.74) is 5.61. The number of hydrogen-bond donors (Lipinski definition) is 0. The molecule has 5 rings (SSSR count). The van der Waals surface area contributed by atoms with E-state index in [1.165, 1.54) is 93.6 Å². The van der Waals surface area contributed by atoms with Crippen LogP contribution in [0.1, 0.15) is 70.6 Å². The van der Waals surface area contributed by atoms with E-state index in [4.69, 9.17) is 0 Å². The molecular weight excluding hydrogens is 434 g/mol. The van der Waals surface area contributed by atoms with E-state index in [-0.39, 0.29) is 15.8 Å². The Morgan fingerprint density at radius 1 is 0.606 bits per heavy atom. The van der Waals surface area contributed by atoms with Crippen molar-refractivity contribution in [3.05, 3.63) is 84.0 Å². The lowest BCUT2D eigenvalue weighted by molar-refractivity contribution is 0.484. The van der Waals surface area contributed by atoms with Crippen molar-refractivity contribution in [2.24, 2.45) is 0 Å². The van der Waals surface area contributed by atoms with Gasteiger partial charge in [-0.05, 0) is 73.7 Å². The number of benzene rings is 2. The summed E-state index contributed by atoms with van der Waals surface area (Å²) in [5.74, 6) is 0. The number of allylic oxidation sites excluding steroid dienone is 4. The van der Waals surface area contributed by atoms with Crippen LogP contribution in [0.25, 0.3) is 0 Å². The average Bonchev–Trinajstić information content (AvgIpc) is 3.34. The monoisotopic (exact) mass is 474 g/mol. The molecular formula is C31H40P2. The highest BCUT2D eigenvalue weighted by Gasteiger charge is 2.32. The van der Waals surface area contributed by atoms with Gasteiger partial charge in [-0.2, -0.15) is 0 Å². The van der Waals surface area contributed by atoms with Crippen LogP contribution in [0.2, 0.25) is 0 Å². The van der Waals surface area contributed by atoms with E-state index in [0.717, 1.165) is 11.3 Å². The van der Waals surface area contributed by atoms with Crippen LogP contribution >= 0.6 is 15.8 Å². The van der Waals surface area contributed by atoms with E-state index >= 15 is 0 Å². The molecule has 0 aromatic heterocycles. The molecule has 2 aromatic carbocycles. The molecule has 33 heavy (non-hydrogen) atoms. The van der Waals surface area contributed by atoms with Crippen molar-refractivity contribution >= 4 is 26.5 Å². The first kappa shape index (κ1) is 23.5. The summed E-state index contributed by atoms with van der Waals surface area (Å²) in [6, 6.07) is 22.6. The van der Waals surface area contributed by atoms with Gasteiger partial charge in [0.1, 0.15) is 0 Å². The Bertz CT molecular complexity index is 860. The van der Waals surface area contributed by atoms with Crippen molar-refractivity contribution in [2.45, 2.75) is 81.9 Å². The molecule has 2 heteroatoms. The second kappa shape index (κ2) is 12.0. The minimum absolute atomic E-state index is 0.141. The highest BCUT2D eigenvalue weighted by Crippen LogP contribution is 2.57. The van der Waals surface area contributed by atoms with Gasteiger partial charge in [0.25, 0.3) is 0 Å². The highest BCUT2D eigenvalue weighted by molar-refractivity contribution is 7.73.